The topological polar surface area (TPSA) is 84.7 Å². The van der Waals surface area contributed by atoms with Gasteiger partial charge in [0.25, 0.3) is 0 Å². The van der Waals surface area contributed by atoms with Gasteiger partial charge < -0.3 is 20.7 Å². The van der Waals surface area contributed by atoms with Crippen LogP contribution in [0.3, 0.4) is 0 Å². The molecule has 2 heterocycles. The zero-order chi connectivity index (χ0) is 14.6. The van der Waals surface area contributed by atoms with E-state index in [9.17, 15) is 9.59 Å². The van der Waals surface area contributed by atoms with Gasteiger partial charge in [-0.2, -0.15) is 0 Å². The summed E-state index contributed by atoms with van der Waals surface area (Å²) in [6.45, 7) is 3.44. The third-order valence-electron chi connectivity index (χ3n) is 4.62. The van der Waals surface area contributed by atoms with Gasteiger partial charge in [0.1, 0.15) is 0 Å². The first-order chi connectivity index (χ1) is 9.59. The van der Waals surface area contributed by atoms with Gasteiger partial charge >= 0.3 is 0 Å². The van der Waals surface area contributed by atoms with Gasteiger partial charge in [-0.15, -0.1) is 0 Å². The van der Waals surface area contributed by atoms with E-state index in [1.165, 1.54) is 0 Å². The van der Waals surface area contributed by atoms with Gasteiger partial charge in [-0.1, -0.05) is 0 Å². The summed E-state index contributed by atoms with van der Waals surface area (Å²) in [5.74, 6) is -0.139. The van der Waals surface area contributed by atoms with E-state index < -0.39 is 0 Å². The monoisotopic (exact) mass is 283 g/mol. The van der Waals surface area contributed by atoms with Crippen molar-refractivity contribution in [2.45, 2.75) is 25.7 Å². The molecule has 20 heavy (non-hydrogen) atoms. The minimum Gasteiger partial charge on any atom is -0.384 e. The van der Waals surface area contributed by atoms with Crippen LogP contribution in [0.15, 0.2) is 0 Å². The fourth-order valence-corrected chi connectivity index (χ4v) is 3.30. The molecule has 0 unspecified atom stereocenters. The fraction of sp³-hybridized carbons (Fsp3) is 0.857. The molecule has 2 amide bonds. The van der Waals surface area contributed by atoms with Crippen molar-refractivity contribution in [3.63, 3.8) is 0 Å². The van der Waals surface area contributed by atoms with Crippen LogP contribution in [0, 0.1) is 11.3 Å². The summed E-state index contributed by atoms with van der Waals surface area (Å²) in [7, 11) is 1.65. The van der Waals surface area contributed by atoms with Gasteiger partial charge in [0.2, 0.25) is 11.8 Å². The maximum absolute atomic E-state index is 12.8. The number of nitrogens with two attached hydrogens (primary N) is 1. The first kappa shape index (κ1) is 15.3. The predicted octanol–water partition coefficient (Wildman–Crippen LogP) is -0.273. The number of likely N-dealkylation sites (tertiary alicyclic amines) is 1. The van der Waals surface area contributed by atoms with Crippen LogP contribution in [0.25, 0.3) is 0 Å². The summed E-state index contributed by atoms with van der Waals surface area (Å²) in [5.41, 5.74) is 4.95. The average Bonchev–Trinajstić information content (AvgIpc) is 2.48. The smallest absolute Gasteiger partial charge is 0.231 e. The SMILES string of the molecule is COCC1(C(=O)N2CCC(C(N)=O)CC2)CCNCC1. The summed E-state index contributed by atoms with van der Waals surface area (Å²) in [4.78, 5) is 25.9. The van der Waals surface area contributed by atoms with Gasteiger partial charge in [0.05, 0.1) is 12.0 Å². The van der Waals surface area contributed by atoms with Gasteiger partial charge in [0.15, 0.2) is 0 Å². The molecule has 6 nitrogen and oxygen atoms in total. The largest absolute Gasteiger partial charge is 0.384 e. The van der Waals surface area contributed by atoms with Crippen molar-refractivity contribution < 1.29 is 14.3 Å². The number of primary amides is 1. The molecule has 0 radical (unpaired) electrons. The molecular weight excluding hydrogens is 258 g/mol. The highest BCUT2D eigenvalue weighted by Gasteiger charge is 2.43. The Hall–Kier alpha value is -1.14. The molecule has 0 aromatic heterocycles. The molecule has 0 aromatic carbocycles. The molecule has 0 atom stereocenters. The highest BCUT2D eigenvalue weighted by molar-refractivity contribution is 5.84. The molecule has 6 heteroatoms. The van der Waals surface area contributed by atoms with Crippen molar-refractivity contribution in [3.8, 4) is 0 Å². The van der Waals surface area contributed by atoms with E-state index in [0.29, 0.717) is 32.5 Å². The molecule has 0 bridgehead atoms. The summed E-state index contributed by atoms with van der Waals surface area (Å²) in [5, 5.41) is 3.29. The van der Waals surface area contributed by atoms with Gasteiger partial charge in [-0.05, 0) is 38.8 Å². The van der Waals surface area contributed by atoms with E-state index >= 15 is 0 Å². The number of nitrogens with zero attached hydrogens (tertiary/aromatic N) is 1. The van der Waals surface area contributed by atoms with E-state index in [-0.39, 0.29) is 23.1 Å². The number of amides is 2. The molecule has 2 saturated heterocycles. The molecular formula is C14H25N3O3. The zero-order valence-electron chi connectivity index (χ0n) is 12.2. The maximum atomic E-state index is 12.8. The van der Waals surface area contributed by atoms with Crippen molar-refractivity contribution in [3.05, 3.63) is 0 Å². The molecule has 2 aliphatic rings. The lowest BCUT2D eigenvalue weighted by atomic mass is 9.77. The second-order valence-corrected chi connectivity index (χ2v) is 5.93. The first-order valence-corrected chi connectivity index (χ1v) is 7.37. The summed E-state index contributed by atoms with van der Waals surface area (Å²) >= 11 is 0. The lowest BCUT2D eigenvalue weighted by Crippen LogP contribution is -2.53. The minimum absolute atomic E-state index is 0.0783. The van der Waals surface area contributed by atoms with Crippen LogP contribution in [-0.2, 0) is 14.3 Å². The summed E-state index contributed by atoms with van der Waals surface area (Å²) < 4.78 is 5.31. The highest BCUT2D eigenvalue weighted by Crippen LogP contribution is 2.33. The van der Waals surface area contributed by atoms with Crippen molar-refractivity contribution in [1.82, 2.24) is 10.2 Å². The van der Waals surface area contributed by atoms with Crippen LogP contribution in [0.4, 0.5) is 0 Å². The van der Waals surface area contributed by atoms with Crippen LogP contribution in [0.1, 0.15) is 25.7 Å². The number of piperidine rings is 2. The van der Waals surface area contributed by atoms with Crippen molar-refractivity contribution in [1.29, 1.82) is 0 Å². The number of methoxy groups -OCH3 is 1. The Morgan fingerprint density at radius 3 is 2.40 bits per heavy atom. The molecule has 3 N–H and O–H groups in total. The Balaban J connectivity index is 2.00. The lowest BCUT2D eigenvalue weighted by Gasteiger charge is -2.41. The number of hydrogen-bond donors (Lipinski definition) is 2. The molecule has 114 valence electrons. The molecule has 0 aromatic rings. The van der Waals surface area contributed by atoms with Crippen LogP contribution >= 0.6 is 0 Å². The molecule has 0 spiro atoms. The molecule has 0 aliphatic carbocycles. The van der Waals surface area contributed by atoms with Crippen molar-refractivity contribution in [2.75, 3.05) is 39.9 Å². The van der Waals surface area contributed by atoms with Crippen LogP contribution in [-0.4, -0.2) is 56.6 Å². The number of carbonyl (C=O) groups excluding carboxylic acids is 2. The van der Waals surface area contributed by atoms with Crippen LogP contribution in [0.2, 0.25) is 0 Å². The van der Waals surface area contributed by atoms with Crippen LogP contribution in [0.5, 0.6) is 0 Å². The van der Waals surface area contributed by atoms with Gasteiger partial charge in [-0.3, -0.25) is 9.59 Å². The van der Waals surface area contributed by atoms with Gasteiger partial charge in [-0.25, -0.2) is 0 Å². The predicted molar refractivity (Wildman–Crippen MR) is 74.9 cm³/mol. The summed E-state index contributed by atoms with van der Waals surface area (Å²) in [6, 6.07) is 0. The lowest BCUT2D eigenvalue weighted by molar-refractivity contribution is -0.150. The Labute approximate surface area is 120 Å². The number of carbonyl (C=O) groups is 2. The van der Waals surface area contributed by atoms with E-state index in [4.69, 9.17) is 10.5 Å². The Kier molecular flexibility index (Phi) is 4.99. The molecule has 2 aliphatic heterocycles. The van der Waals surface area contributed by atoms with E-state index in [2.05, 4.69) is 5.32 Å². The second-order valence-electron chi connectivity index (χ2n) is 5.93. The van der Waals surface area contributed by atoms with Crippen molar-refractivity contribution in [2.24, 2.45) is 17.1 Å². The third kappa shape index (κ3) is 3.12. The minimum atomic E-state index is -0.389. The van der Waals surface area contributed by atoms with Gasteiger partial charge in [0, 0.05) is 26.1 Å². The number of hydrogen-bond acceptors (Lipinski definition) is 4. The average molecular weight is 283 g/mol. The van der Waals surface area contributed by atoms with E-state index in [0.717, 1.165) is 25.9 Å². The number of nitrogens with one attached hydrogen (secondary N) is 1. The Morgan fingerprint density at radius 1 is 1.30 bits per heavy atom. The Morgan fingerprint density at radius 2 is 1.90 bits per heavy atom. The second kappa shape index (κ2) is 6.54. The number of ether oxygens (including phenoxy) is 1. The third-order valence-corrected chi connectivity index (χ3v) is 4.62. The van der Waals surface area contributed by atoms with Crippen molar-refractivity contribution >= 4 is 11.8 Å². The molecule has 0 saturated carbocycles. The zero-order valence-corrected chi connectivity index (χ0v) is 12.2. The van der Waals surface area contributed by atoms with Crippen LogP contribution < -0.4 is 11.1 Å². The Bertz CT molecular complexity index is 353. The molecule has 2 rings (SSSR count). The van der Waals surface area contributed by atoms with E-state index in [1.54, 1.807) is 7.11 Å². The summed E-state index contributed by atoms with van der Waals surface area (Å²) in [6.07, 6.45) is 3.00. The number of rotatable bonds is 4. The maximum Gasteiger partial charge on any atom is 0.231 e. The highest BCUT2D eigenvalue weighted by atomic mass is 16.5. The fourth-order valence-electron chi connectivity index (χ4n) is 3.30. The van der Waals surface area contributed by atoms with E-state index in [1.807, 2.05) is 4.90 Å². The first-order valence-electron chi connectivity index (χ1n) is 7.37. The standard InChI is InChI=1S/C14H25N3O3/c1-20-10-14(4-6-16-7-5-14)13(19)17-8-2-11(3-9-17)12(15)18/h11,16H,2-10H2,1H3,(H2,15,18). The quantitative estimate of drug-likeness (QED) is 0.743. The normalized spacial score (nSPS) is 23.6. The molecule has 2 fully saturated rings.